The van der Waals surface area contributed by atoms with Crippen LogP contribution in [0.4, 0.5) is 0 Å². The van der Waals surface area contributed by atoms with Gasteiger partial charge in [0, 0.05) is 37.8 Å². The number of amides is 1. The van der Waals surface area contributed by atoms with Crippen LogP contribution in [0.15, 0.2) is 35.3 Å². The number of carbonyl (C=O) groups excluding carboxylic acids is 1. The van der Waals surface area contributed by atoms with Crippen molar-refractivity contribution < 1.29 is 4.79 Å². The molecule has 6 nitrogen and oxygen atoms in total. The average molecular weight is 352 g/mol. The monoisotopic (exact) mass is 352 g/mol. The molecule has 6 heteroatoms. The Bertz CT molecular complexity index is 872. The van der Waals surface area contributed by atoms with Crippen LogP contribution in [0.2, 0.25) is 0 Å². The Morgan fingerprint density at radius 3 is 2.85 bits per heavy atom. The molecule has 26 heavy (non-hydrogen) atoms. The van der Waals surface area contributed by atoms with E-state index < -0.39 is 0 Å². The van der Waals surface area contributed by atoms with Gasteiger partial charge in [-0.1, -0.05) is 24.3 Å². The van der Waals surface area contributed by atoms with Gasteiger partial charge in [-0.25, -0.2) is 4.98 Å². The molecule has 1 fully saturated rings. The van der Waals surface area contributed by atoms with Gasteiger partial charge in [0.25, 0.3) is 11.5 Å². The SMILES string of the molecule is CC(CN1CCc2ccccc2C1)NC(=O)c1cnc(C2CC2)[nH]c1=O. The summed E-state index contributed by atoms with van der Waals surface area (Å²) >= 11 is 0. The van der Waals surface area contributed by atoms with E-state index in [2.05, 4.69) is 44.5 Å². The molecule has 2 aromatic rings. The predicted molar refractivity (Wildman–Crippen MR) is 99.2 cm³/mol. The zero-order valence-corrected chi connectivity index (χ0v) is 15.0. The molecule has 0 bridgehead atoms. The Balaban J connectivity index is 1.35. The summed E-state index contributed by atoms with van der Waals surface area (Å²) in [6.07, 6.45) is 4.56. The molecular formula is C20H24N4O2. The number of hydrogen-bond acceptors (Lipinski definition) is 4. The number of nitrogens with one attached hydrogen (secondary N) is 2. The molecule has 136 valence electrons. The molecule has 2 heterocycles. The molecule has 1 unspecified atom stereocenters. The number of aromatic nitrogens is 2. The number of carbonyl (C=O) groups is 1. The van der Waals surface area contributed by atoms with Crippen molar-refractivity contribution in [2.24, 2.45) is 0 Å². The van der Waals surface area contributed by atoms with E-state index in [1.807, 2.05) is 6.92 Å². The number of fused-ring (bicyclic) bond motifs is 1. The maximum absolute atomic E-state index is 12.4. The first-order valence-electron chi connectivity index (χ1n) is 9.29. The third kappa shape index (κ3) is 3.70. The van der Waals surface area contributed by atoms with E-state index in [9.17, 15) is 9.59 Å². The molecule has 1 aliphatic heterocycles. The van der Waals surface area contributed by atoms with Crippen LogP contribution < -0.4 is 10.9 Å². The fourth-order valence-corrected chi connectivity index (χ4v) is 3.58. The molecule has 1 amide bonds. The predicted octanol–water partition coefficient (Wildman–Crippen LogP) is 1.82. The van der Waals surface area contributed by atoms with E-state index in [0.717, 1.165) is 38.9 Å². The number of aromatic amines is 1. The van der Waals surface area contributed by atoms with Crippen LogP contribution in [0.3, 0.4) is 0 Å². The molecule has 1 aliphatic carbocycles. The highest BCUT2D eigenvalue weighted by atomic mass is 16.2. The summed E-state index contributed by atoms with van der Waals surface area (Å²) in [5.41, 5.74) is 2.51. The topological polar surface area (TPSA) is 78.1 Å². The molecule has 2 aliphatic rings. The van der Waals surface area contributed by atoms with Crippen molar-refractivity contribution in [1.29, 1.82) is 0 Å². The standard InChI is InChI=1S/C20H24N4O2/c1-13(11-24-9-8-14-4-2-3-5-16(14)12-24)22-19(25)17-10-21-18(15-6-7-15)23-20(17)26/h2-5,10,13,15H,6-9,11-12H2,1H3,(H,22,25)(H,21,23,26). The van der Waals surface area contributed by atoms with Crippen LogP contribution in [0, 0.1) is 0 Å². The summed E-state index contributed by atoms with van der Waals surface area (Å²) in [5.74, 6) is 0.707. The Hall–Kier alpha value is -2.47. The number of H-pyrrole nitrogens is 1. The molecule has 1 saturated carbocycles. The third-order valence-corrected chi connectivity index (χ3v) is 5.15. The van der Waals surface area contributed by atoms with Crippen LogP contribution >= 0.6 is 0 Å². The lowest BCUT2D eigenvalue weighted by atomic mass is 10.00. The molecular weight excluding hydrogens is 328 g/mol. The fraction of sp³-hybridized carbons (Fsp3) is 0.450. The second-order valence-electron chi connectivity index (χ2n) is 7.41. The first-order valence-corrected chi connectivity index (χ1v) is 9.29. The van der Waals surface area contributed by atoms with Crippen molar-refractivity contribution in [2.45, 2.75) is 44.7 Å². The molecule has 1 aromatic carbocycles. The van der Waals surface area contributed by atoms with E-state index >= 15 is 0 Å². The van der Waals surface area contributed by atoms with Crippen molar-refractivity contribution in [3.05, 3.63) is 63.3 Å². The minimum absolute atomic E-state index is 0.0460. The highest BCUT2D eigenvalue weighted by molar-refractivity contribution is 5.93. The lowest BCUT2D eigenvalue weighted by Crippen LogP contribution is -2.44. The fourth-order valence-electron chi connectivity index (χ4n) is 3.58. The molecule has 0 spiro atoms. The smallest absolute Gasteiger partial charge is 0.263 e. The largest absolute Gasteiger partial charge is 0.348 e. The summed E-state index contributed by atoms with van der Waals surface area (Å²) in [4.78, 5) is 33.9. The number of nitrogens with zero attached hydrogens (tertiary/aromatic N) is 2. The van der Waals surface area contributed by atoms with Crippen LogP contribution in [0.25, 0.3) is 0 Å². The van der Waals surface area contributed by atoms with Crippen LogP contribution in [-0.4, -0.2) is 39.9 Å². The number of benzene rings is 1. The van der Waals surface area contributed by atoms with Crippen molar-refractivity contribution in [2.75, 3.05) is 13.1 Å². The molecule has 1 atom stereocenters. The maximum Gasteiger partial charge on any atom is 0.263 e. The van der Waals surface area contributed by atoms with Crippen LogP contribution in [0.5, 0.6) is 0 Å². The van der Waals surface area contributed by atoms with Gasteiger partial charge >= 0.3 is 0 Å². The Morgan fingerprint density at radius 1 is 1.35 bits per heavy atom. The zero-order chi connectivity index (χ0) is 18.1. The summed E-state index contributed by atoms with van der Waals surface area (Å²) in [6.45, 7) is 4.61. The summed E-state index contributed by atoms with van der Waals surface area (Å²) in [5, 5.41) is 2.93. The normalized spacial score (nSPS) is 18.2. The van der Waals surface area contributed by atoms with Crippen molar-refractivity contribution in [3.63, 3.8) is 0 Å². The summed E-state index contributed by atoms with van der Waals surface area (Å²) < 4.78 is 0. The average Bonchev–Trinajstić information content (AvgIpc) is 3.46. The van der Waals surface area contributed by atoms with Gasteiger partial charge in [-0.15, -0.1) is 0 Å². The van der Waals surface area contributed by atoms with Crippen molar-refractivity contribution >= 4 is 5.91 Å². The van der Waals surface area contributed by atoms with Gasteiger partial charge in [-0.05, 0) is 37.3 Å². The zero-order valence-electron chi connectivity index (χ0n) is 15.0. The van der Waals surface area contributed by atoms with Crippen molar-refractivity contribution in [1.82, 2.24) is 20.2 Å². The minimum atomic E-state index is -0.356. The van der Waals surface area contributed by atoms with Gasteiger partial charge in [0.05, 0.1) is 0 Å². The van der Waals surface area contributed by atoms with Crippen molar-refractivity contribution in [3.8, 4) is 0 Å². The lowest BCUT2D eigenvalue weighted by Gasteiger charge is -2.31. The van der Waals surface area contributed by atoms with E-state index in [1.165, 1.54) is 17.3 Å². The Morgan fingerprint density at radius 2 is 2.12 bits per heavy atom. The van der Waals surface area contributed by atoms with E-state index in [4.69, 9.17) is 0 Å². The number of rotatable bonds is 5. The van der Waals surface area contributed by atoms with E-state index in [1.54, 1.807) is 0 Å². The van der Waals surface area contributed by atoms with Gasteiger partial charge < -0.3 is 10.3 Å². The third-order valence-electron chi connectivity index (χ3n) is 5.15. The van der Waals surface area contributed by atoms with Gasteiger partial charge in [-0.2, -0.15) is 0 Å². The van der Waals surface area contributed by atoms with Gasteiger partial charge in [0.15, 0.2) is 0 Å². The lowest BCUT2D eigenvalue weighted by molar-refractivity contribution is 0.0925. The summed E-state index contributed by atoms with van der Waals surface area (Å²) in [6, 6.07) is 8.45. The maximum atomic E-state index is 12.4. The van der Waals surface area contributed by atoms with Gasteiger partial charge in [0.1, 0.15) is 11.4 Å². The first-order chi connectivity index (χ1) is 12.6. The molecule has 4 rings (SSSR count). The van der Waals surface area contributed by atoms with E-state index in [0.29, 0.717) is 11.7 Å². The highest BCUT2D eigenvalue weighted by Gasteiger charge is 2.27. The Kier molecular flexibility index (Phi) is 4.59. The quantitative estimate of drug-likeness (QED) is 0.860. The minimum Gasteiger partial charge on any atom is -0.348 e. The second kappa shape index (κ2) is 7.03. The molecule has 1 aromatic heterocycles. The molecule has 0 radical (unpaired) electrons. The van der Waals surface area contributed by atoms with E-state index in [-0.39, 0.29) is 23.1 Å². The van der Waals surface area contributed by atoms with Crippen LogP contribution in [0.1, 0.15) is 53.0 Å². The highest BCUT2D eigenvalue weighted by Crippen LogP contribution is 2.37. The molecule has 0 saturated heterocycles. The number of hydrogen-bond donors (Lipinski definition) is 2. The Labute approximate surface area is 152 Å². The first kappa shape index (κ1) is 17.0. The van der Waals surface area contributed by atoms with Crippen LogP contribution in [-0.2, 0) is 13.0 Å². The van der Waals surface area contributed by atoms with Gasteiger partial charge in [-0.3, -0.25) is 14.5 Å². The molecule has 2 N–H and O–H groups in total. The summed E-state index contributed by atoms with van der Waals surface area (Å²) in [7, 11) is 0. The van der Waals surface area contributed by atoms with Gasteiger partial charge in [0.2, 0.25) is 0 Å². The second-order valence-corrected chi connectivity index (χ2v) is 7.41.